The average Bonchev–Trinajstić information content (AvgIpc) is 3.07. The number of hydrogen-bond acceptors (Lipinski definition) is 3. The molecule has 2 aliphatic heterocycles. The summed E-state index contributed by atoms with van der Waals surface area (Å²) in [7, 11) is 0. The zero-order chi connectivity index (χ0) is 29.8. The number of hydrogen-bond donors (Lipinski definition) is 1. The molecule has 2 aliphatic carbocycles. The molecule has 3 unspecified atom stereocenters. The third kappa shape index (κ3) is 5.69. The molecule has 0 radical (unpaired) electrons. The minimum atomic E-state index is -0.782. The van der Waals surface area contributed by atoms with Gasteiger partial charge in [-0.1, -0.05) is 76.3 Å². The minimum Gasteiger partial charge on any atom is -0.342 e. The molecular weight excluding hydrogens is 508 g/mol. The number of rotatable bonds is 3. The van der Waals surface area contributed by atoms with Gasteiger partial charge in [0.15, 0.2) is 0 Å². The Morgan fingerprint density at radius 1 is 0.951 bits per heavy atom. The maximum atomic E-state index is 14.3. The quantitative estimate of drug-likeness (QED) is 0.184. The largest absolute Gasteiger partial charge is 0.342 e. The first kappa shape index (κ1) is 31.2. The summed E-state index contributed by atoms with van der Waals surface area (Å²) >= 11 is 0. The summed E-state index contributed by atoms with van der Waals surface area (Å²) < 4.78 is 0. The van der Waals surface area contributed by atoms with E-state index in [4.69, 9.17) is 10.7 Å². The van der Waals surface area contributed by atoms with Gasteiger partial charge < -0.3 is 15.5 Å². The predicted molar refractivity (Wildman–Crippen MR) is 169 cm³/mol. The van der Waals surface area contributed by atoms with Crippen LogP contribution in [0.4, 0.5) is 0 Å². The Bertz CT molecular complexity index is 1140. The fourth-order valence-corrected chi connectivity index (χ4v) is 7.50. The lowest BCUT2D eigenvalue weighted by Crippen LogP contribution is -2.59. The molecule has 3 atom stereocenters. The van der Waals surface area contributed by atoms with Gasteiger partial charge in [-0.2, -0.15) is 4.99 Å². The van der Waals surface area contributed by atoms with Crippen molar-refractivity contribution in [3.8, 4) is 0 Å². The Hall–Kier alpha value is -2.73. The number of nitrogens with zero attached hydrogens (tertiary/aromatic N) is 3. The Morgan fingerprint density at radius 3 is 2.05 bits per heavy atom. The Labute approximate surface area is 248 Å². The molecule has 4 aliphatic rings. The summed E-state index contributed by atoms with van der Waals surface area (Å²) in [4.78, 5) is 36.7. The second-order valence-corrected chi connectivity index (χ2v) is 13.2. The molecular formula is C35H52N4O2. The summed E-state index contributed by atoms with van der Waals surface area (Å²) in [6.07, 6.45) is 18.5. The van der Waals surface area contributed by atoms with Crippen molar-refractivity contribution in [2.75, 3.05) is 26.2 Å². The van der Waals surface area contributed by atoms with Crippen LogP contribution in [-0.4, -0.2) is 59.7 Å². The number of carbonyl (C=O) groups is 2. The SMILES string of the molecule is C=C1C(CC)/C(C=O)=C(/C(=O)N=C(N2CCCCC2)N2CCCCC2)CCCC(=C)C2(N)C=CC=CC1(C)C2(C)C. The Morgan fingerprint density at radius 2 is 1.51 bits per heavy atom. The smallest absolute Gasteiger partial charge is 0.276 e. The van der Waals surface area contributed by atoms with Crippen LogP contribution in [0, 0.1) is 16.7 Å². The number of nitrogens with two attached hydrogens (primary N) is 1. The molecule has 0 aromatic rings. The van der Waals surface area contributed by atoms with Crippen LogP contribution in [-0.2, 0) is 9.59 Å². The molecule has 0 saturated carbocycles. The average molecular weight is 561 g/mol. The first-order chi connectivity index (χ1) is 19.5. The second-order valence-electron chi connectivity index (χ2n) is 13.2. The van der Waals surface area contributed by atoms with E-state index >= 15 is 0 Å². The van der Waals surface area contributed by atoms with Gasteiger partial charge in [-0.05, 0) is 64.2 Å². The van der Waals surface area contributed by atoms with E-state index in [1.165, 1.54) is 12.8 Å². The molecule has 0 aromatic carbocycles. The van der Waals surface area contributed by atoms with Gasteiger partial charge in [0.25, 0.3) is 5.91 Å². The highest BCUT2D eigenvalue weighted by Gasteiger charge is 2.55. The van der Waals surface area contributed by atoms with Gasteiger partial charge in [0.05, 0.1) is 5.54 Å². The third-order valence-corrected chi connectivity index (χ3v) is 10.8. The molecule has 2 N–H and O–H groups in total. The lowest BCUT2D eigenvalue weighted by atomic mass is 9.51. The molecule has 0 aromatic heterocycles. The van der Waals surface area contributed by atoms with E-state index in [2.05, 4.69) is 62.8 Å². The fourth-order valence-electron chi connectivity index (χ4n) is 7.50. The molecule has 1 amide bonds. The van der Waals surface area contributed by atoms with Crippen molar-refractivity contribution in [1.29, 1.82) is 0 Å². The lowest BCUT2D eigenvalue weighted by molar-refractivity contribution is -0.115. The van der Waals surface area contributed by atoms with E-state index < -0.39 is 16.4 Å². The molecule has 4 rings (SSSR count). The number of amides is 1. The van der Waals surface area contributed by atoms with Crippen molar-refractivity contribution in [2.24, 2.45) is 27.5 Å². The van der Waals surface area contributed by atoms with Crippen molar-refractivity contribution in [3.63, 3.8) is 0 Å². The van der Waals surface area contributed by atoms with E-state index in [1.807, 2.05) is 12.2 Å². The number of fused-ring (bicyclic) bond motifs is 2. The number of likely N-dealkylation sites (tertiary alicyclic amines) is 2. The number of piperidine rings is 2. The highest BCUT2D eigenvalue weighted by Crippen LogP contribution is 2.57. The molecule has 41 heavy (non-hydrogen) atoms. The summed E-state index contributed by atoms with van der Waals surface area (Å²) in [6, 6.07) is 0. The van der Waals surface area contributed by atoms with Crippen molar-refractivity contribution in [1.82, 2.24) is 9.80 Å². The number of allylic oxidation sites excluding steroid dienone is 5. The van der Waals surface area contributed by atoms with Crippen LogP contribution >= 0.6 is 0 Å². The van der Waals surface area contributed by atoms with Crippen molar-refractivity contribution >= 4 is 18.2 Å². The summed E-state index contributed by atoms with van der Waals surface area (Å²) in [5.74, 6) is 0.224. The van der Waals surface area contributed by atoms with Gasteiger partial charge in [-0.15, -0.1) is 0 Å². The fraction of sp³-hybridized carbons (Fsp3) is 0.629. The molecule has 0 spiro atoms. The van der Waals surface area contributed by atoms with E-state index in [0.29, 0.717) is 36.8 Å². The molecule has 2 bridgehead atoms. The highest BCUT2D eigenvalue weighted by molar-refractivity contribution is 6.05. The normalized spacial score (nSPS) is 32.7. The van der Waals surface area contributed by atoms with Crippen LogP contribution in [0.25, 0.3) is 0 Å². The van der Waals surface area contributed by atoms with Gasteiger partial charge in [-0.3, -0.25) is 9.59 Å². The molecule has 6 nitrogen and oxygen atoms in total. The van der Waals surface area contributed by atoms with E-state index in [1.54, 1.807) is 0 Å². The standard InChI is InChI=1S/C35H52N4O2/c1-7-28-27(3)34(6)19-10-11-20-35(36,33(34,4)5)26(2)17-16-18-29(30(28)25-40)31(41)37-32(38-21-12-8-13-22-38)39-23-14-9-15-24-39/h10-11,19-20,25,28H,2-3,7-9,12-18,21-24,36H2,1,4-6H3/b30-29+. The summed E-state index contributed by atoms with van der Waals surface area (Å²) in [5, 5.41) is 0. The van der Waals surface area contributed by atoms with E-state index in [9.17, 15) is 9.59 Å². The second kappa shape index (κ2) is 12.6. The molecule has 2 fully saturated rings. The van der Waals surface area contributed by atoms with Crippen LogP contribution < -0.4 is 5.73 Å². The molecule has 6 heteroatoms. The first-order valence-electron chi connectivity index (χ1n) is 15.9. The maximum Gasteiger partial charge on any atom is 0.276 e. The zero-order valence-electron chi connectivity index (χ0n) is 26.0. The summed E-state index contributed by atoms with van der Waals surface area (Å²) in [6.45, 7) is 21.4. The van der Waals surface area contributed by atoms with Crippen LogP contribution in [0.1, 0.15) is 91.9 Å². The van der Waals surface area contributed by atoms with E-state index in [0.717, 1.165) is 75.3 Å². The van der Waals surface area contributed by atoms with Gasteiger partial charge >= 0.3 is 0 Å². The van der Waals surface area contributed by atoms with Crippen molar-refractivity contribution in [2.45, 2.75) is 97.4 Å². The van der Waals surface area contributed by atoms with Gasteiger partial charge in [0, 0.05) is 54.1 Å². The van der Waals surface area contributed by atoms with Gasteiger partial charge in [0.1, 0.15) is 6.29 Å². The molecule has 2 saturated heterocycles. The van der Waals surface area contributed by atoms with Gasteiger partial charge in [-0.25, -0.2) is 0 Å². The Kier molecular flexibility index (Phi) is 9.63. The topological polar surface area (TPSA) is 79.0 Å². The van der Waals surface area contributed by atoms with Crippen LogP contribution in [0.2, 0.25) is 0 Å². The summed E-state index contributed by atoms with van der Waals surface area (Å²) in [5.41, 5.74) is 8.30. The van der Waals surface area contributed by atoms with E-state index in [-0.39, 0.29) is 11.8 Å². The molecule has 2 heterocycles. The number of aldehydes is 1. The van der Waals surface area contributed by atoms with Gasteiger partial charge in [0.2, 0.25) is 5.96 Å². The van der Waals surface area contributed by atoms with Crippen LogP contribution in [0.15, 0.2) is 64.7 Å². The minimum absolute atomic E-state index is 0.281. The predicted octanol–water partition coefficient (Wildman–Crippen LogP) is 6.51. The van der Waals surface area contributed by atoms with Crippen LogP contribution in [0.3, 0.4) is 0 Å². The maximum absolute atomic E-state index is 14.3. The Balaban J connectivity index is 1.84. The molecule has 224 valence electrons. The van der Waals surface area contributed by atoms with Crippen molar-refractivity contribution < 1.29 is 9.59 Å². The lowest BCUT2D eigenvalue weighted by Gasteiger charge is -2.54. The third-order valence-electron chi connectivity index (χ3n) is 10.8. The van der Waals surface area contributed by atoms with Crippen molar-refractivity contribution in [3.05, 3.63) is 59.8 Å². The highest BCUT2D eigenvalue weighted by atomic mass is 16.1. The number of aliphatic imine (C=N–C) groups is 1. The first-order valence-corrected chi connectivity index (χ1v) is 15.9. The number of guanidine groups is 1. The van der Waals surface area contributed by atoms with Crippen LogP contribution in [0.5, 0.6) is 0 Å². The zero-order valence-corrected chi connectivity index (χ0v) is 26.0. The number of carbonyl (C=O) groups excluding carboxylic acids is 2. The monoisotopic (exact) mass is 560 g/mol.